The van der Waals surface area contributed by atoms with Crippen LogP contribution in [0, 0.1) is 0 Å². The minimum atomic E-state index is -0.131. The summed E-state index contributed by atoms with van der Waals surface area (Å²) in [5, 5.41) is 6.58. The molecular weight excluding hydrogens is 451 g/mol. The number of nitrogens with one attached hydrogen (secondary N) is 2. The molecule has 2 aromatic rings. The van der Waals surface area contributed by atoms with Crippen molar-refractivity contribution in [2.24, 2.45) is 4.99 Å². The third kappa shape index (κ3) is 6.91. The van der Waals surface area contributed by atoms with E-state index < -0.39 is 0 Å². The Balaban J connectivity index is 0.00000312. The summed E-state index contributed by atoms with van der Waals surface area (Å²) in [6.45, 7) is 0.730. The summed E-state index contributed by atoms with van der Waals surface area (Å²) in [6.07, 6.45) is 0. The molecule has 25 heavy (non-hydrogen) atoms. The molecule has 0 aliphatic rings. The summed E-state index contributed by atoms with van der Waals surface area (Å²) in [4.78, 5) is 18.1. The molecular formula is C18H22ClIN4O. The molecule has 2 rings (SSSR count). The minimum Gasteiger partial charge on any atom is -0.347 e. The van der Waals surface area contributed by atoms with Crippen molar-refractivity contribution < 1.29 is 4.79 Å². The first-order chi connectivity index (χ1) is 11.6. The van der Waals surface area contributed by atoms with Gasteiger partial charge in [-0.3, -0.25) is 9.79 Å². The molecule has 0 unspecified atom stereocenters. The first-order valence-corrected chi connectivity index (χ1v) is 7.98. The Morgan fingerprint density at radius 2 is 1.76 bits per heavy atom. The molecule has 0 saturated heterocycles. The van der Waals surface area contributed by atoms with Gasteiger partial charge in [0.05, 0.1) is 6.54 Å². The fourth-order valence-corrected chi connectivity index (χ4v) is 2.42. The second-order valence-electron chi connectivity index (χ2n) is 5.26. The predicted octanol–water partition coefficient (Wildman–Crippen LogP) is 3.60. The fraction of sp³-hybridized carbons (Fsp3) is 0.222. The number of halogens is 2. The minimum absolute atomic E-state index is 0. The third-order valence-corrected chi connectivity index (χ3v) is 3.77. The van der Waals surface area contributed by atoms with E-state index in [0.29, 0.717) is 17.5 Å². The van der Waals surface area contributed by atoms with E-state index in [4.69, 9.17) is 11.6 Å². The van der Waals surface area contributed by atoms with Gasteiger partial charge in [-0.05, 0) is 23.8 Å². The Bertz CT molecular complexity index is 709. The molecule has 1 amide bonds. The molecule has 0 saturated carbocycles. The number of carbonyl (C=O) groups is 1. The zero-order chi connectivity index (χ0) is 17.4. The van der Waals surface area contributed by atoms with Crippen LogP contribution in [0.3, 0.4) is 0 Å². The Hall–Kier alpha value is -1.80. The Morgan fingerprint density at radius 3 is 2.40 bits per heavy atom. The summed E-state index contributed by atoms with van der Waals surface area (Å²) in [7, 11) is 3.58. The molecule has 0 aliphatic heterocycles. The van der Waals surface area contributed by atoms with Crippen LogP contribution in [0.2, 0.25) is 5.02 Å². The molecule has 7 heteroatoms. The average molecular weight is 473 g/mol. The van der Waals surface area contributed by atoms with Gasteiger partial charge in [-0.1, -0.05) is 48.0 Å². The molecule has 2 aromatic carbocycles. The average Bonchev–Trinajstić information content (AvgIpc) is 2.58. The van der Waals surface area contributed by atoms with Gasteiger partial charge in [0.25, 0.3) is 0 Å². The largest absolute Gasteiger partial charge is 0.347 e. The lowest BCUT2D eigenvalue weighted by molar-refractivity contribution is -0.115. The smallest absolute Gasteiger partial charge is 0.243 e. The van der Waals surface area contributed by atoms with Crippen molar-refractivity contribution in [1.82, 2.24) is 10.2 Å². The fourth-order valence-electron chi connectivity index (χ4n) is 2.23. The van der Waals surface area contributed by atoms with Crippen LogP contribution in [0.5, 0.6) is 0 Å². The van der Waals surface area contributed by atoms with Gasteiger partial charge in [0.2, 0.25) is 5.91 Å². The number of guanidine groups is 1. The molecule has 0 heterocycles. The SMILES string of the molecule is CN=C(NCC(=O)Nc1ccccc1)N(C)Cc1ccccc1Cl.I. The molecule has 134 valence electrons. The predicted molar refractivity (Wildman–Crippen MR) is 115 cm³/mol. The van der Waals surface area contributed by atoms with Crippen molar-refractivity contribution >= 4 is 53.1 Å². The van der Waals surface area contributed by atoms with Crippen molar-refractivity contribution in [1.29, 1.82) is 0 Å². The van der Waals surface area contributed by atoms with E-state index in [1.807, 2.05) is 66.5 Å². The van der Waals surface area contributed by atoms with E-state index in [2.05, 4.69) is 15.6 Å². The van der Waals surface area contributed by atoms with Gasteiger partial charge in [0, 0.05) is 31.4 Å². The maximum atomic E-state index is 12.0. The lowest BCUT2D eigenvalue weighted by Crippen LogP contribution is -2.42. The quantitative estimate of drug-likeness (QED) is 0.397. The van der Waals surface area contributed by atoms with Crippen molar-refractivity contribution in [3.05, 3.63) is 65.2 Å². The van der Waals surface area contributed by atoms with Crippen molar-refractivity contribution in [2.75, 3.05) is 26.0 Å². The van der Waals surface area contributed by atoms with E-state index in [1.54, 1.807) is 7.05 Å². The van der Waals surface area contributed by atoms with Crippen LogP contribution in [-0.2, 0) is 11.3 Å². The van der Waals surface area contributed by atoms with Crippen LogP contribution in [0.25, 0.3) is 0 Å². The van der Waals surface area contributed by atoms with Gasteiger partial charge in [0.15, 0.2) is 5.96 Å². The molecule has 0 radical (unpaired) electrons. The number of nitrogens with zero attached hydrogens (tertiary/aromatic N) is 2. The lowest BCUT2D eigenvalue weighted by Gasteiger charge is -2.22. The maximum Gasteiger partial charge on any atom is 0.243 e. The highest BCUT2D eigenvalue weighted by molar-refractivity contribution is 14.0. The van der Waals surface area contributed by atoms with Gasteiger partial charge >= 0.3 is 0 Å². The van der Waals surface area contributed by atoms with E-state index in [0.717, 1.165) is 11.3 Å². The van der Waals surface area contributed by atoms with Crippen LogP contribution < -0.4 is 10.6 Å². The van der Waals surface area contributed by atoms with Crippen LogP contribution in [-0.4, -0.2) is 37.4 Å². The highest BCUT2D eigenvalue weighted by Gasteiger charge is 2.10. The number of aliphatic imine (C=N–C) groups is 1. The highest BCUT2D eigenvalue weighted by atomic mass is 127. The van der Waals surface area contributed by atoms with Gasteiger partial charge < -0.3 is 15.5 Å². The summed E-state index contributed by atoms with van der Waals surface area (Å²) in [6, 6.07) is 17.0. The van der Waals surface area contributed by atoms with E-state index in [1.165, 1.54) is 0 Å². The number of benzene rings is 2. The number of anilines is 1. The first kappa shape index (κ1) is 21.2. The van der Waals surface area contributed by atoms with Gasteiger partial charge in [-0.2, -0.15) is 0 Å². The van der Waals surface area contributed by atoms with Crippen molar-refractivity contribution in [2.45, 2.75) is 6.54 Å². The zero-order valence-electron chi connectivity index (χ0n) is 14.2. The number of hydrogen-bond acceptors (Lipinski definition) is 2. The van der Waals surface area contributed by atoms with E-state index in [-0.39, 0.29) is 36.4 Å². The second-order valence-corrected chi connectivity index (χ2v) is 5.67. The van der Waals surface area contributed by atoms with Crippen molar-refractivity contribution in [3.63, 3.8) is 0 Å². The van der Waals surface area contributed by atoms with Gasteiger partial charge in [0.1, 0.15) is 0 Å². The molecule has 5 nitrogen and oxygen atoms in total. The topological polar surface area (TPSA) is 56.7 Å². The number of carbonyl (C=O) groups excluding carboxylic acids is 1. The van der Waals surface area contributed by atoms with Crippen LogP contribution in [0.4, 0.5) is 5.69 Å². The summed E-state index contributed by atoms with van der Waals surface area (Å²) in [5.74, 6) is 0.492. The zero-order valence-corrected chi connectivity index (χ0v) is 17.3. The van der Waals surface area contributed by atoms with Gasteiger partial charge in [-0.15, -0.1) is 24.0 Å². The summed E-state index contributed by atoms with van der Waals surface area (Å²) < 4.78 is 0. The molecule has 0 aromatic heterocycles. The summed E-state index contributed by atoms with van der Waals surface area (Å²) in [5.41, 5.74) is 1.77. The number of para-hydroxylation sites is 1. The highest BCUT2D eigenvalue weighted by Crippen LogP contribution is 2.16. The van der Waals surface area contributed by atoms with E-state index >= 15 is 0 Å². The van der Waals surface area contributed by atoms with Crippen LogP contribution >= 0.6 is 35.6 Å². The standard InChI is InChI=1S/C18H21ClN4O.HI/c1-20-18(23(2)13-14-8-6-7-11-16(14)19)21-12-17(24)22-15-9-4-3-5-10-15;/h3-11H,12-13H2,1-2H3,(H,20,21)(H,22,24);1H. The maximum absolute atomic E-state index is 12.0. The van der Waals surface area contributed by atoms with E-state index in [9.17, 15) is 4.79 Å². The van der Waals surface area contributed by atoms with Crippen LogP contribution in [0.1, 0.15) is 5.56 Å². The molecule has 0 spiro atoms. The first-order valence-electron chi connectivity index (χ1n) is 7.60. The molecule has 0 bridgehead atoms. The Kier molecular flexibility index (Phi) is 9.30. The van der Waals surface area contributed by atoms with Gasteiger partial charge in [-0.25, -0.2) is 0 Å². The number of rotatable bonds is 5. The number of hydrogen-bond donors (Lipinski definition) is 2. The Morgan fingerprint density at radius 1 is 1.12 bits per heavy atom. The Labute approximate surface area is 170 Å². The molecule has 0 aliphatic carbocycles. The molecule has 0 fully saturated rings. The van der Waals surface area contributed by atoms with Crippen molar-refractivity contribution in [3.8, 4) is 0 Å². The number of amides is 1. The monoisotopic (exact) mass is 472 g/mol. The van der Waals surface area contributed by atoms with Crippen LogP contribution in [0.15, 0.2) is 59.6 Å². The normalized spacial score (nSPS) is 10.6. The second kappa shape index (κ2) is 10.9. The lowest BCUT2D eigenvalue weighted by atomic mass is 10.2. The molecule has 0 atom stereocenters. The third-order valence-electron chi connectivity index (χ3n) is 3.40. The summed E-state index contributed by atoms with van der Waals surface area (Å²) >= 11 is 6.18. The molecule has 2 N–H and O–H groups in total.